The molecule has 0 aromatic carbocycles. The molecule has 0 bridgehead atoms. The maximum absolute atomic E-state index is 5.41. The molecular formula is C10H19ClN4O. The predicted octanol–water partition coefficient (Wildman–Crippen LogP) is 1.32. The third-order valence-corrected chi connectivity index (χ3v) is 3.03. The molecule has 5 nitrogen and oxygen atoms in total. The van der Waals surface area contributed by atoms with Crippen molar-refractivity contribution in [3.63, 3.8) is 0 Å². The Morgan fingerprint density at radius 2 is 2.25 bits per heavy atom. The first kappa shape index (κ1) is 13.4. The molecule has 0 amide bonds. The van der Waals surface area contributed by atoms with E-state index in [1.807, 2.05) is 0 Å². The van der Waals surface area contributed by atoms with Gasteiger partial charge in [-0.3, -0.25) is 4.90 Å². The third kappa shape index (κ3) is 2.93. The van der Waals surface area contributed by atoms with Gasteiger partial charge in [0.1, 0.15) is 0 Å². The highest BCUT2D eigenvalue weighted by molar-refractivity contribution is 5.85. The molecule has 1 aromatic rings. The summed E-state index contributed by atoms with van der Waals surface area (Å²) >= 11 is 0. The summed E-state index contributed by atoms with van der Waals surface area (Å²) in [5, 5.41) is 3.91. The molecule has 0 saturated heterocycles. The molecule has 1 aromatic heterocycles. The molecule has 2 N–H and O–H groups in total. The Bertz CT molecular complexity index is 314. The first-order valence-electron chi connectivity index (χ1n) is 5.59. The van der Waals surface area contributed by atoms with Crippen molar-refractivity contribution in [3.05, 3.63) is 11.7 Å². The van der Waals surface area contributed by atoms with Crippen LogP contribution < -0.4 is 5.73 Å². The quantitative estimate of drug-likeness (QED) is 0.849. The molecule has 0 radical (unpaired) electrons. The van der Waals surface area contributed by atoms with Gasteiger partial charge in [-0.2, -0.15) is 4.98 Å². The van der Waals surface area contributed by atoms with E-state index in [9.17, 15) is 0 Å². The largest absolute Gasteiger partial charge is 0.338 e. The van der Waals surface area contributed by atoms with Crippen LogP contribution in [-0.2, 0) is 13.1 Å². The van der Waals surface area contributed by atoms with Crippen LogP contribution in [0, 0.1) is 0 Å². The van der Waals surface area contributed by atoms with Gasteiger partial charge in [-0.1, -0.05) is 18.5 Å². The lowest BCUT2D eigenvalue weighted by Crippen LogP contribution is -2.39. The van der Waals surface area contributed by atoms with E-state index >= 15 is 0 Å². The molecular weight excluding hydrogens is 228 g/mol. The molecule has 0 unspecified atom stereocenters. The van der Waals surface area contributed by atoms with Crippen LogP contribution in [0.3, 0.4) is 0 Å². The van der Waals surface area contributed by atoms with Crippen LogP contribution >= 0.6 is 12.4 Å². The normalized spacial score (nSPS) is 15.9. The molecule has 1 saturated carbocycles. The summed E-state index contributed by atoms with van der Waals surface area (Å²) in [5.74, 6) is 1.28. The molecule has 0 atom stereocenters. The Morgan fingerprint density at radius 1 is 1.50 bits per heavy atom. The lowest BCUT2D eigenvalue weighted by Gasteiger charge is -2.36. The zero-order valence-electron chi connectivity index (χ0n) is 9.56. The van der Waals surface area contributed by atoms with Gasteiger partial charge in [0.15, 0.2) is 5.82 Å². The minimum absolute atomic E-state index is 0. The van der Waals surface area contributed by atoms with Gasteiger partial charge in [0.25, 0.3) is 0 Å². The maximum Gasteiger partial charge on any atom is 0.240 e. The summed E-state index contributed by atoms with van der Waals surface area (Å²) in [6.07, 6.45) is 3.95. The van der Waals surface area contributed by atoms with Gasteiger partial charge in [-0.05, 0) is 19.4 Å². The SMILES string of the molecule is CCN(Cc1noc(CN)n1)C1CCC1.Cl. The Morgan fingerprint density at radius 3 is 2.69 bits per heavy atom. The molecule has 1 aliphatic rings. The van der Waals surface area contributed by atoms with E-state index in [0.29, 0.717) is 12.4 Å². The van der Waals surface area contributed by atoms with Gasteiger partial charge in [0.05, 0.1) is 13.1 Å². The van der Waals surface area contributed by atoms with Crippen LogP contribution in [0.25, 0.3) is 0 Å². The number of rotatable bonds is 5. The van der Waals surface area contributed by atoms with Gasteiger partial charge in [0, 0.05) is 6.04 Å². The summed E-state index contributed by atoms with van der Waals surface area (Å²) < 4.78 is 4.98. The average molecular weight is 247 g/mol. The smallest absolute Gasteiger partial charge is 0.240 e. The van der Waals surface area contributed by atoms with Gasteiger partial charge in [0.2, 0.25) is 5.89 Å². The Kier molecular flexibility index (Phi) is 5.18. The topological polar surface area (TPSA) is 68.2 Å². The van der Waals surface area contributed by atoms with Crippen LogP contribution in [-0.4, -0.2) is 27.6 Å². The van der Waals surface area contributed by atoms with Crippen LogP contribution in [0.4, 0.5) is 0 Å². The molecule has 0 spiro atoms. The van der Waals surface area contributed by atoms with E-state index in [0.717, 1.165) is 25.0 Å². The number of halogens is 1. The number of nitrogens with two attached hydrogens (primary N) is 1. The summed E-state index contributed by atoms with van der Waals surface area (Å²) in [4.78, 5) is 6.61. The number of aromatic nitrogens is 2. The second-order valence-electron chi connectivity index (χ2n) is 3.96. The molecule has 92 valence electrons. The second-order valence-corrected chi connectivity index (χ2v) is 3.96. The molecule has 1 aliphatic carbocycles. The minimum Gasteiger partial charge on any atom is -0.338 e. The summed E-state index contributed by atoms with van der Waals surface area (Å²) in [6.45, 7) is 4.31. The second kappa shape index (κ2) is 6.18. The average Bonchev–Trinajstić information content (AvgIpc) is 2.61. The highest BCUT2D eigenvalue weighted by atomic mass is 35.5. The van der Waals surface area contributed by atoms with E-state index < -0.39 is 0 Å². The number of hydrogen-bond acceptors (Lipinski definition) is 5. The van der Waals surface area contributed by atoms with Crippen molar-refractivity contribution in [2.75, 3.05) is 6.54 Å². The van der Waals surface area contributed by atoms with E-state index in [1.165, 1.54) is 19.3 Å². The van der Waals surface area contributed by atoms with Crippen molar-refractivity contribution in [1.82, 2.24) is 15.0 Å². The van der Waals surface area contributed by atoms with E-state index in [2.05, 4.69) is 22.0 Å². The molecule has 1 fully saturated rings. The predicted molar refractivity (Wildman–Crippen MR) is 63.2 cm³/mol. The Labute approximate surface area is 102 Å². The summed E-state index contributed by atoms with van der Waals surface area (Å²) in [6, 6.07) is 0.717. The van der Waals surface area contributed by atoms with E-state index in [1.54, 1.807) is 0 Å². The first-order chi connectivity index (χ1) is 7.33. The lowest BCUT2D eigenvalue weighted by molar-refractivity contribution is 0.122. The lowest BCUT2D eigenvalue weighted by atomic mass is 9.91. The first-order valence-corrected chi connectivity index (χ1v) is 5.59. The van der Waals surface area contributed by atoms with Gasteiger partial charge in [-0.25, -0.2) is 0 Å². The summed E-state index contributed by atoms with van der Waals surface area (Å²) in [5.41, 5.74) is 5.41. The van der Waals surface area contributed by atoms with Gasteiger partial charge >= 0.3 is 0 Å². The number of nitrogens with zero attached hydrogens (tertiary/aromatic N) is 3. The molecule has 16 heavy (non-hydrogen) atoms. The van der Waals surface area contributed by atoms with Crippen molar-refractivity contribution < 1.29 is 4.52 Å². The Balaban J connectivity index is 0.00000128. The van der Waals surface area contributed by atoms with Crippen molar-refractivity contribution in [3.8, 4) is 0 Å². The van der Waals surface area contributed by atoms with E-state index in [-0.39, 0.29) is 12.4 Å². The molecule has 1 heterocycles. The van der Waals surface area contributed by atoms with Gasteiger partial charge < -0.3 is 10.3 Å². The third-order valence-electron chi connectivity index (χ3n) is 3.03. The zero-order chi connectivity index (χ0) is 10.7. The standard InChI is InChI=1S/C10H18N4O.ClH/c1-2-14(8-4-3-5-8)7-9-12-10(6-11)15-13-9;/h8H,2-7,11H2,1H3;1H. The van der Waals surface area contributed by atoms with Crippen molar-refractivity contribution in [1.29, 1.82) is 0 Å². The fraction of sp³-hybridized carbons (Fsp3) is 0.800. The van der Waals surface area contributed by atoms with Crippen LogP contribution in [0.1, 0.15) is 37.9 Å². The summed E-state index contributed by atoms with van der Waals surface area (Å²) in [7, 11) is 0. The van der Waals surface area contributed by atoms with Crippen molar-refractivity contribution in [2.45, 2.75) is 45.3 Å². The molecule has 0 aliphatic heterocycles. The monoisotopic (exact) mass is 246 g/mol. The highest BCUT2D eigenvalue weighted by Gasteiger charge is 2.24. The van der Waals surface area contributed by atoms with Gasteiger partial charge in [-0.15, -0.1) is 12.4 Å². The minimum atomic E-state index is 0. The highest BCUT2D eigenvalue weighted by Crippen LogP contribution is 2.25. The number of hydrogen-bond donors (Lipinski definition) is 1. The maximum atomic E-state index is 5.41. The van der Waals surface area contributed by atoms with Crippen LogP contribution in [0.2, 0.25) is 0 Å². The zero-order valence-corrected chi connectivity index (χ0v) is 10.4. The van der Waals surface area contributed by atoms with Crippen molar-refractivity contribution in [2.24, 2.45) is 5.73 Å². The van der Waals surface area contributed by atoms with E-state index in [4.69, 9.17) is 10.3 Å². The Hall–Kier alpha value is -0.650. The molecule has 2 rings (SSSR count). The van der Waals surface area contributed by atoms with Crippen LogP contribution in [0.5, 0.6) is 0 Å². The molecule has 6 heteroatoms. The van der Waals surface area contributed by atoms with Crippen LogP contribution in [0.15, 0.2) is 4.52 Å². The van der Waals surface area contributed by atoms with Crippen molar-refractivity contribution >= 4 is 12.4 Å². The fourth-order valence-corrected chi connectivity index (χ4v) is 1.87. The fourth-order valence-electron chi connectivity index (χ4n) is 1.87.